The van der Waals surface area contributed by atoms with Crippen LogP contribution in [0.15, 0.2) is 33.6 Å². The Labute approximate surface area is 156 Å². The number of piperazine rings is 1. The van der Waals surface area contributed by atoms with Crippen molar-refractivity contribution >= 4 is 39.5 Å². The number of hydrogen-bond donors (Lipinski definition) is 2. The van der Waals surface area contributed by atoms with Crippen molar-refractivity contribution in [3.8, 4) is 0 Å². The van der Waals surface area contributed by atoms with Gasteiger partial charge in [-0.25, -0.2) is 0 Å². The molecule has 0 aromatic heterocycles. The summed E-state index contributed by atoms with van der Waals surface area (Å²) in [4.78, 5) is 28.3. The number of carbonyl (C=O) groups is 2. The van der Waals surface area contributed by atoms with Gasteiger partial charge in [-0.2, -0.15) is 0 Å². The van der Waals surface area contributed by atoms with Crippen LogP contribution in [-0.2, 0) is 9.59 Å². The highest BCUT2D eigenvalue weighted by Gasteiger charge is 2.24. The zero-order valence-corrected chi connectivity index (χ0v) is 16.4. The molecule has 0 bridgehead atoms. The summed E-state index contributed by atoms with van der Waals surface area (Å²) in [7, 11) is 0. The minimum atomic E-state index is 0.109. The zero-order chi connectivity index (χ0) is 17.4. The largest absolute Gasteiger partial charge is 0.351 e. The van der Waals surface area contributed by atoms with Gasteiger partial charge in [-0.05, 0) is 30.7 Å². The smallest absolute Gasteiger partial charge is 0.275 e. The Morgan fingerprint density at radius 3 is 2.54 bits per heavy atom. The van der Waals surface area contributed by atoms with Crippen molar-refractivity contribution in [3.05, 3.63) is 28.7 Å². The molecule has 1 aromatic rings. The summed E-state index contributed by atoms with van der Waals surface area (Å²) in [6.07, 6.45) is 0.958. The molecule has 24 heavy (non-hydrogen) atoms. The van der Waals surface area contributed by atoms with Gasteiger partial charge < -0.3 is 15.1 Å². The first kappa shape index (κ1) is 19.3. The normalized spacial score (nSPS) is 15.3. The Hall–Kier alpha value is -1.05. The first-order chi connectivity index (χ1) is 11.6. The van der Waals surface area contributed by atoms with E-state index in [0.29, 0.717) is 12.3 Å². The van der Waals surface area contributed by atoms with Crippen LogP contribution in [0.3, 0.4) is 0 Å². The number of benzene rings is 1. The van der Waals surface area contributed by atoms with Crippen molar-refractivity contribution in [3.63, 3.8) is 0 Å². The Balaban J connectivity index is 1.68. The molecule has 0 saturated carbocycles. The van der Waals surface area contributed by atoms with E-state index >= 15 is 0 Å². The molecule has 0 aliphatic carbocycles. The van der Waals surface area contributed by atoms with Gasteiger partial charge in [0.05, 0.1) is 31.9 Å². The molecule has 0 radical (unpaired) electrons. The number of nitrogens with zero attached hydrogens (tertiary/aromatic N) is 1. The summed E-state index contributed by atoms with van der Waals surface area (Å²) in [5.41, 5.74) is 0. The van der Waals surface area contributed by atoms with Crippen molar-refractivity contribution < 1.29 is 14.5 Å². The molecule has 1 heterocycles. The molecule has 1 aliphatic rings. The molecule has 0 atom stereocenters. The van der Waals surface area contributed by atoms with Gasteiger partial charge >= 0.3 is 0 Å². The number of rotatable bonds is 7. The molecule has 1 saturated heterocycles. The molecule has 2 amide bonds. The Morgan fingerprint density at radius 1 is 1.25 bits per heavy atom. The molecule has 1 aliphatic heterocycles. The average molecular weight is 415 g/mol. The van der Waals surface area contributed by atoms with Gasteiger partial charge in [0.1, 0.15) is 0 Å². The van der Waals surface area contributed by atoms with Crippen LogP contribution >= 0.6 is 27.7 Å². The van der Waals surface area contributed by atoms with Crippen molar-refractivity contribution in [2.24, 2.45) is 0 Å². The number of hydrogen-bond acceptors (Lipinski definition) is 3. The van der Waals surface area contributed by atoms with E-state index in [2.05, 4.69) is 21.2 Å². The number of amides is 2. The third-order valence-corrected chi connectivity index (χ3v) is 5.51. The van der Waals surface area contributed by atoms with Gasteiger partial charge in [0.2, 0.25) is 5.91 Å². The molecule has 1 fully saturated rings. The van der Waals surface area contributed by atoms with Crippen LogP contribution < -0.4 is 10.2 Å². The van der Waals surface area contributed by atoms with E-state index in [1.165, 1.54) is 4.90 Å². The van der Waals surface area contributed by atoms with Crippen LogP contribution in [0, 0.1) is 0 Å². The topological polar surface area (TPSA) is 53.9 Å². The van der Waals surface area contributed by atoms with Gasteiger partial charge in [0.25, 0.3) is 5.91 Å². The van der Waals surface area contributed by atoms with Crippen LogP contribution in [0.4, 0.5) is 0 Å². The van der Waals surface area contributed by atoms with E-state index in [4.69, 9.17) is 0 Å². The predicted octanol–water partition coefficient (Wildman–Crippen LogP) is 0.795. The minimum absolute atomic E-state index is 0.109. The predicted molar refractivity (Wildman–Crippen MR) is 100 cm³/mol. The number of carbonyl (C=O) groups excluding carboxylic acids is 2. The lowest BCUT2D eigenvalue weighted by Crippen LogP contribution is -3.15. The fourth-order valence-corrected chi connectivity index (χ4v) is 3.64. The van der Waals surface area contributed by atoms with Gasteiger partial charge in [0.15, 0.2) is 6.54 Å². The maximum Gasteiger partial charge on any atom is 0.275 e. The standard InChI is InChI=1S/C17H24BrN3O2S/c1-2-7-19-16(22)12-20-8-10-21(11-9-20)17(23)13-24-15-5-3-14(18)4-6-15/h3-6H,2,7-13H2,1H3,(H,19,22)/p+1. The molecule has 1 aromatic carbocycles. The van der Waals surface area contributed by atoms with Crippen LogP contribution in [0.5, 0.6) is 0 Å². The maximum atomic E-state index is 12.3. The van der Waals surface area contributed by atoms with E-state index in [0.717, 1.165) is 48.5 Å². The maximum absolute atomic E-state index is 12.3. The van der Waals surface area contributed by atoms with Crippen molar-refractivity contribution in [2.75, 3.05) is 45.0 Å². The molecule has 0 spiro atoms. The molecule has 5 nitrogen and oxygen atoms in total. The molecular formula is C17H25BrN3O2S+. The van der Waals surface area contributed by atoms with Gasteiger partial charge in [-0.15, -0.1) is 11.8 Å². The molecule has 7 heteroatoms. The second-order valence-corrected chi connectivity index (χ2v) is 7.86. The Bertz CT molecular complexity index is 545. The van der Waals surface area contributed by atoms with Crippen molar-refractivity contribution in [1.29, 1.82) is 0 Å². The van der Waals surface area contributed by atoms with E-state index < -0.39 is 0 Å². The van der Waals surface area contributed by atoms with E-state index in [-0.39, 0.29) is 11.8 Å². The minimum Gasteiger partial charge on any atom is -0.351 e. The van der Waals surface area contributed by atoms with E-state index in [1.807, 2.05) is 36.1 Å². The lowest BCUT2D eigenvalue weighted by atomic mass is 10.3. The Morgan fingerprint density at radius 2 is 1.92 bits per heavy atom. The first-order valence-electron chi connectivity index (χ1n) is 8.35. The monoisotopic (exact) mass is 414 g/mol. The van der Waals surface area contributed by atoms with Gasteiger partial charge in [0, 0.05) is 15.9 Å². The van der Waals surface area contributed by atoms with Crippen molar-refractivity contribution in [1.82, 2.24) is 10.2 Å². The SMILES string of the molecule is CCCNC(=O)C[NH+]1CCN(C(=O)CSc2ccc(Br)cc2)CC1. The first-order valence-corrected chi connectivity index (χ1v) is 10.1. The summed E-state index contributed by atoms with van der Waals surface area (Å²) in [6, 6.07) is 8.00. The highest BCUT2D eigenvalue weighted by Crippen LogP contribution is 2.20. The lowest BCUT2D eigenvalue weighted by Gasteiger charge is -2.31. The summed E-state index contributed by atoms with van der Waals surface area (Å²) in [6.45, 7) is 6.44. The highest BCUT2D eigenvalue weighted by atomic mass is 79.9. The molecule has 0 unspecified atom stereocenters. The second-order valence-electron chi connectivity index (χ2n) is 5.90. The summed E-state index contributed by atoms with van der Waals surface area (Å²) in [5.74, 6) is 0.753. The summed E-state index contributed by atoms with van der Waals surface area (Å²) < 4.78 is 1.04. The third-order valence-electron chi connectivity index (χ3n) is 3.98. The molecule has 2 rings (SSSR count). The van der Waals surface area contributed by atoms with E-state index in [9.17, 15) is 9.59 Å². The van der Waals surface area contributed by atoms with E-state index in [1.54, 1.807) is 11.8 Å². The highest BCUT2D eigenvalue weighted by molar-refractivity contribution is 9.10. The zero-order valence-electron chi connectivity index (χ0n) is 14.0. The molecule has 132 valence electrons. The number of quaternary nitrogens is 1. The van der Waals surface area contributed by atoms with Gasteiger partial charge in [-0.3, -0.25) is 9.59 Å². The van der Waals surface area contributed by atoms with Crippen LogP contribution in [-0.4, -0.2) is 61.7 Å². The van der Waals surface area contributed by atoms with Crippen molar-refractivity contribution in [2.45, 2.75) is 18.2 Å². The number of nitrogens with one attached hydrogen (secondary N) is 2. The van der Waals surface area contributed by atoms with Gasteiger partial charge in [-0.1, -0.05) is 22.9 Å². The number of thioether (sulfide) groups is 1. The second kappa shape index (κ2) is 10.1. The Kier molecular flexibility index (Phi) is 8.08. The number of halogens is 1. The average Bonchev–Trinajstić information content (AvgIpc) is 2.60. The molecule has 2 N–H and O–H groups in total. The molecular weight excluding hydrogens is 390 g/mol. The summed E-state index contributed by atoms with van der Waals surface area (Å²) >= 11 is 4.98. The quantitative estimate of drug-likeness (QED) is 0.648. The third kappa shape index (κ3) is 6.45. The fraction of sp³-hybridized carbons (Fsp3) is 0.529. The summed E-state index contributed by atoms with van der Waals surface area (Å²) in [5, 5.41) is 2.91. The van der Waals surface area contributed by atoms with Crippen LogP contribution in [0.1, 0.15) is 13.3 Å². The fourth-order valence-electron chi connectivity index (χ4n) is 2.57. The van der Waals surface area contributed by atoms with Crippen LogP contribution in [0.25, 0.3) is 0 Å². The van der Waals surface area contributed by atoms with Crippen LogP contribution in [0.2, 0.25) is 0 Å². The lowest BCUT2D eigenvalue weighted by molar-refractivity contribution is -0.896.